The van der Waals surface area contributed by atoms with E-state index in [1.54, 1.807) is 0 Å². The summed E-state index contributed by atoms with van der Waals surface area (Å²) < 4.78 is 39.0. The van der Waals surface area contributed by atoms with E-state index in [9.17, 15) is 18.0 Å². The van der Waals surface area contributed by atoms with E-state index in [4.69, 9.17) is 11.5 Å². The van der Waals surface area contributed by atoms with Crippen molar-refractivity contribution in [2.45, 2.75) is 6.18 Å². The lowest BCUT2D eigenvalue weighted by molar-refractivity contribution is -0.137. The van der Waals surface area contributed by atoms with Crippen LogP contribution in [0.5, 0.6) is 0 Å². The molecule has 100 valence electrons. The molecule has 0 fully saturated rings. The van der Waals surface area contributed by atoms with Crippen molar-refractivity contribution in [3.05, 3.63) is 41.7 Å². The van der Waals surface area contributed by atoms with Crippen LogP contribution in [0.1, 0.15) is 16.1 Å². The lowest BCUT2D eigenvalue weighted by Gasteiger charge is -2.10. The molecule has 0 saturated carbocycles. The first-order valence-corrected chi connectivity index (χ1v) is 5.11. The molecule has 0 aliphatic carbocycles. The van der Waals surface area contributed by atoms with E-state index in [0.717, 1.165) is 16.8 Å². The highest BCUT2D eigenvalue weighted by atomic mass is 19.4. The molecule has 2 rings (SSSR count). The normalized spacial score (nSPS) is 11.5. The summed E-state index contributed by atoms with van der Waals surface area (Å²) in [4.78, 5) is 10.9. The first kappa shape index (κ1) is 12.9. The minimum Gasteiger partial charge on any atom is -0.399 e. The maximum Gasteiger partial charge on any atom is 0.416 e. The molecule has 0 atom stereocenters. The fourth-order valence-corrected chi connectivity index (χ4v) is 1.53. The molecule has 19 heavy (non-hydrogen) atoms. The summed E-state index contributed by atoms with van der Waals surface area (Å²) in [7, 11) is 0. The number of carbonyl (C=O) groups excluding carboxylic acids is 1. The molecule has 0 bridgehead atoms. The molecular formula is C11H9F3N4O. The van der Waals surface area contributed by atoms with Crippen molar-refractivity contribution < 1.29 is 18.0 Å². The Morgan fingerprint density at radius 3 is 2.47 bits per heavy atom. The highest BCUT2D eigenvalue weighted by Gasteiger charge is 2.31. The van der Waals surface area contributed by atoms with Gasteiger partial charge < -0.3 is 11.5 Å². The molecule has 0 spiro atoms. The number of primary amides is 1. The molecule has 5 nitrogen and oxygen atoms in total. The van der Waals surface area contributed by atoms with E-state index in [0.29, 0.717) is 0 Å². The number of rotatable bonds is 2. The number of halogens is 3. The van der Waals surface area contributed by atoms with Crippen LogP contribution in [0.2, 0.25) is 0 Å². The smallest absolute Gasteiger partial charge is 0.399 e. The number of benzene rings is 1. The Morgan fingerprint density at radius 1 is 1.26 bits per heavy atom. The molecule has 2 aromatic rings. The second kappa shape index (κ2) is 4.30. The molecule has 0 unspecified atom stereocenters. The van der Waals surface area contributed by atoms with Crippen molar-refractivity contribution in [3.63, 3.8) is 0 Å². The first-order chi connectivity index (χ1) is 8.77. The molecule has 1 aromatic carbocycles. The van der Waals surface area contributed by atoms with Crippen molar-refractivity contribution in [1.82, 2.24) is 9.78 Å². The summed E-state index contributed by atoms with van der Waals surface area (Å²) in [6, 6.07) is 4.32. The maximum atomic E-state index is 12.6. The molecule has 1 heterocycles. The third-order valence-corrected chi connectivity index (χ3v) is 2.37. The van der Waals surface area contributed by atoms with Crippen LogP contribution < -0.4 is 11.5 Å². The summed E-state index contributed by atoms with van der Waals surface area (Å²) in [5.41, 5.74) is 9.55. The van der Waals surface area contributed by atoms with Crippen LogP contribution in [0.4, 0.5) is 18.9 Å². The number of hydrogen-bond donors (Lipinski definition) is 2. The fourth-order valence-electron chi connectivity index (χ4n) is 1.53. The van der Waals surface area contributed by atoms with Crippen LogP contribution in [0, 0.1) is 0 Å². The van der Waals surface area contributed by atoms with Crippen molar-refractivity contribution in [3.8, 4) is 5.69 Å². The average Bonchev–Trinajstić information content (AvgIpc) is 2.76. The number of nitrogens with two attached hydrogens (primary N) is 2. The van der Waals surface area contributed by atoms with Gasteiger partial charge in [0.2, 0.25) is 0 Å². The van der Waals surface area contributed by atoms with Crippen LogP contribution in [0.3, 0.4) is 0 Å². The molecule has 1 amide bonds. The molecule has 0 aliphatic rings. The number of nitrogens with zero attached hydrogens (tertiary/aromatic N) is 2. The van der Waals surface area contributed by atoms with Crippen LogP contribution in [-0.2, 0) is 6.18 Å². The standard InChI is InChI=1S/C11H9F3N4O/c12-11(13,14)6-3-7(15)5-8(4-6)18-2-1-9(17-18)10(16)19/h1-5H,15H2,(H2,16,19). The predicted octanol–water partition coefficient (Wildman–Crippen LogP) is 1.57. The van der Waals surface area contributed by atoms with Gasteiger partial charge in [0.25, 0.3) is 5.91 Å². The highest BCUT2D eigenvalue weighted by Crippen LogP contribution is 2.32. The lowest BCUT2D eigenvalue weighted by Crippen LogP contribution is -2.12. The van der Waals surface area contributed by atoms with Gasteiger partial charge in [0, 0.05) is 11.9 Å². The zero-order chi connectivity index (χ0) is 14.2. The lowest BCUT2D eigenvalue weighted by atomic mass is 10.1. The van der Waals surface area contributed by atoms with Crippen molar-refractivity contribution in [2.24, 2.45) is 5.73 Å². The number of nitrogen functional groups attached to an aromatic ring is 1. The van der Waals surface area contributed by atoms with Crippen molar-refractivity contribution >= 4 is 11.6 Å². The largest absolute Gasteiger partial charge is 0.416 e. The Morgan fingerprint density at radius 2 is 1.95 bits per heavy atom. The zero-order valence-corrected chi connectivity index (χ0v) is 9.48. The van der Waals surface area contributed by atoms with Gasteiger partial charge >= 0.3 is 6.18 Å². The van der Waals surface area contributed by atoms with Crippen LogP contribution in [0.25, 0.3) is 5.69 Å². The van der Waals surface area contributed by atoms with E-state index in [1.165, 1.54) is 18.3 Å². The summed E-state index contributed by atoms with van der Waals surface area (Å²) >= 11 is 0. The van der Waals surface area contributed by atoms with Crippen LogP contribution in [-0.4, -0.2) is 15.7 Å². The fraction of sp³-hybridized carbons (Fsp3) is 0.0909. The van der Waals surface area contributed by atoms with Crippen molar-refractivity contribution in [1.29, 1.82) is 0 Å². The van der Waals surface area contributed by atoms with E-state index in [-0.39, 0.29) is 17.1 Å². The molecule has 8 heteroatoms. The Balaban J connectivity index is 2.50. The number of hydrogen-bond acceptors (Lipinski definition) is 3. The van der Waals surface area contributed by atoms with Crippen LogP contribution in [0.15, 0.2) is 30.5 Å². The second-order valence-corrected chi connectivity index (χ2v) is 3.82. The third kappa shape index (κ3) is 2.67. The number of anilines is 1. The third-order valence-electron chi connectivity index (χ3n) is 2.37. The van der Waals surface area contributed by atoms with E-state index >= 15 is 0 Å². The van der Waals surface area contributed by atoms with Gasteiger partial charge in [-0.1, -0.05) is 0 Å². The number of alkyl halides is 3. The second-order valence-electron chi connectivity index (χ2n) is 3.82. The summed E-state index contributed by atoms with van der Waals surface area (Å²) in [5, 5.41) is 3.76. The topological polar surface area (TPSA) is 86.9 Å². The minimum atomic E-state index is -4.51. The molecular weight excluding hydrogens is 261 g/mol. The van der Waals surface area contributed by atoms with Gasteiger partial charge in [-0.2, -0.15) is 18.3 Å². The van der Waals surface area contributed by atoms with Gasteiger partial charge in [-0.25, -0.2) is 4.68 Å². The van der Waals surface area contributed by atoms with Crippen molar-refractivity contribution in [2.75, 3.05) is 5.73 Å². The molecule has 0 aliphatic heterocycles. The van der Waals surface area contributed by atoms with Gasteiger partial charge in [0.1, 0.15) is 5.69 Å². The van der Waals surface area contributed by atoms with E-state index < -0.39 is 17.6 Å². The zero-order valence-electron chi connectivity index (χ0n) is 9.48. The Labute approximate surface area is 105 Å². The van der Waals surface area contributed by atoms with Gasteiger partial charge in [-0.15, -0.1) is 0 Å². The summed E-state index contributed by atoms with van der Waals surface area (Å²) in [5.74, 6) is -0.765. The molecule has 0 saturated heterocycles. The predicted molar refractivity (Wildman–Crippen MR) is 61.5 cm³/mol. The summed E-state index contributed by atoms with van der Waals surface area (Å²) in [6.07, 6.45) is -3.18. The summed E-state index contributed by atoms with van der Waals surface area (Å²) in [6.45, 7) is 0. The van der Waals surface area contributed by atoms with Gasteiger partial charge in [-0.05, 0) is 24.3 Å². The van der Waals surface area contributed by atoms with Gasteiger partial charge in [0.15, 0.2) is 0 Å². The number of amides is 1. The molecule has 0 radical (unpaired) electrons. The van der Waals surface area contributed by atoms with Gasteiger partial charge in [-0.3, -0.25) is 4.79 Å². The Hall–Kier alpha value is -2.51. The van der Waals surface area contributed by atoms with E-state index in [2.05, 4.69) is 5.10 Å². The Kier molecular flexibility index (Phi) is 2.93. The van der Waals surface area contributed by atoms with Gasteiger partial charge in [0.05, 0.1) is 11.3 Å². The van der Waals surface area contributed by atoms with Crippen LogP contribution >= 0.6 is 0 Å². The number of carbonyl (C=O) groups is 1. The SMILES string of the molecule is NC(=O)c1ccn(-c2cc(N)cc(C(F)(F)F)c2)n1. The quantitative estimate of drug-likeness (QED) is 0.812. The monoisotopic (exact) mass is 270 g/mol. The molecule has 1 aromatic heterocycles. The Bertz CT molecular complexity index is 633. The molecule has 4 N–H and O–H groups in total. The number of aromatic nitrogens is 2. The highest BCUT2D eigenvalue weighted by molar-refractivity contribution is 5.90. The van der Waals surface area contributed by atoms with E-state index in [1.807, 2.05) is 0 Å². The maximum absolute atomic E-state index is 12.6. The first-order valence-electron chi connectivity index (χ1n) is 5.11. The minimum absolute atomic E-state index is 0.0454. The average molecular weight is 270 g/mol.